The van der Waals surface area contributed by atoms with E-state index in [4.69, 9.17) is 11.6 Å². The van der Waals surface area contributed by atoms with Gasteiger partial charge in [0.05, 0.1) is 12.1 Å². The third-order valence-electron chi connectivity index (χ3n) is 4.37. The molecule has 1 aromatic carbocycles. The Morgan fingerprint density at radius 2 is 1.96 bits per heavy atom. The van der Waals surface area contributed by atoms with Gasteiger partial charge in [0.1, 0.15) is 0 Å². The topological polar surface area (TPSA) is 77.6 Å². The monoisotopic (exact) mass is 407 g/mol. The number of nitrogens with zero attached hydrogens (tertiary/aromatic N) is 3. The van der Waals surface area contributed by atoms with Crippen LogP contribution in [0.5, 0.6) is 0 Å². The number of aromatic nitrogens is 1. The number of carbonyl (C=O) groups is 2. The molecule has 2 heterocycles. The summed E-state index contributed by atoms with van der Waals surface area (Å²) < 4.78 is 0. The summed E-state index contributed by atoms with van der Waals surface area (Å²) in [6.45, 7) is 5.02. The molecular weight excluding hydrogens is 386 g/mol. The van der Waals surface area contributed by atoms with Crippen LogP contribution >= 0.6 is 22.9 Å². The number of hydrogen-bond acceptors (Lipinski definition) is 5. The van der Waals surface area contributed by atoms with Gasteiger partial charge in [0.15, 0.2) is 5.13 Å². The van der Waals surface area contributed by atoms with Gasteiger partial charge in [-0.15, -0.1) is 11.3 Å². The second-order valence-corrected chi connectivity index (χ2v) is 7.84. The molecule has 1 aromatic heterocycles. The number of nitrogens with one attached hydrogen (secondary N) is 2. The first-order valence-electron chi connectivity index (χ1n) is 8.65. The van der Waals surface area contributed by atoms with Gasteiger partial charge in [-0.25, -0.2) is 9.78 Å². The number of thiazole rings is 1. The van der Waals surface area contributed by atoms with Crippen molar-refractivity contribution in [1.29, 1.82) is 0 Å². The van der Waals surface area contributed by atoms with Crippen molar-refractivity contribution in [2.24, 2.45) is 0 Å². The SMILES string of the molecule is Cc1ccc(Cl)cc1NC(=O)Cc1csc(NC(=O)N2CCN(C)CC2)n1. The van der Waals surface area contributed by atoms with Gasteiger partial charge in [-0.3, -0.25) is 10.1 Å². The van der Waals surface area contributed by atoms with E-state index in [1.807, 2.05) is 20.0 Å². The van der Waals surface area contributed by atoms with Crippen LogP contribution in [-0.2, 0) is 11.2 Å². The van der Waals surface area contributed by atoms with E-state index in [1.165, 1.54) is 11.3 Å². The minimum Gasteiger partial charge on any atom is -0.325 e. The molecule has 1 saturated heterocycles. The minimum absolute atomic E-state index is 0.132. The Labute approximate surface area is 167 Å². The zero-order chi connectivity index (χ0) is 19.4. The number of aryl methyl sites for hydroxylation is 1. The molecule has 0 saturated carbocycles. The second-order valence-electron chi connectivity index (χ2n) is 6.55. The lowest BCUT2D eigenvalue weighted by Crippen LogP contribution is -2.48. The number of rotatable bonds is 4. The van der Waals surface area contributed by atoms with E-state index in [-0.39, 0.29) is 18.4 Å². The Morgan fingerprint density at radius 1 is 1.22 bits per heavy atom. The van der Waals surface area contributed by atoms with Crippen LogP contribution in [0, 0.1) is 6.92 Å². The maximum absolute atomic E-state index is 12.3. The number of hydrogen-bond donors (Lipinski definition) is 2. The highest BCUT2D eigenvalue weighted by Gasteiger charge is 2.20. The molecule has 9 heteroatoms. The highest BCUT2D eigenvalue weighted by atomic mass is 35.5. The molecule has 144 valence electrons. The molecule has 0 radical (unpaired) electrons. The zero-order valence-electron chi connectivity index (χ0n) is 15.3. The van der Waals surface area contributed by atoms with E-state index in [9.17, 15) is 9.59 Å². The molecule has 2 aromatic rings. The van der Waals surface area contributed by atoms with E-state index in [2.05, 4.69) is 20.5 Å². The lowest BCUT2D eigenvalue weighted by Gasteiger charge is -2.32. The molecule has 0 unspecified atom stereocenters. The number of amides is 3. The predicted molar refractivity (Wildman–Crippen MR) is 109 cm³/mol. The lowest BCUT2D eigenvalue weighted by atomic mass is 10.2. The van der Waals surface area contributed by atoms with E-state index < -0.39 is 0 Å². The molecule has 0 aliphatic carbocycles. The predicted octanol–water partition coefficient (Wildman–Crippen LogP) is 3.07. The molecule has 7 nitrogen and oxygen atoms in total. The largest absolute Gasteiger partial charge is 0.325 e. The maximum Gasteiger partial charge on any atom is 0.323 e. The summed E-state index contributed by atoms with van der Waals surface area (Å²) in [5.41, 5.74) is 2.24. The first-order valence-corrected chi connectivity index (χ1v) is 9.91. The summed E-state index contributed by atoms with van der Waals surface area (Å²) in [5.74, 6) is -0.178. The van der Waals surface area contributed by atoms with E-state index >= 15 is 0 Å². The zero-order valence-corrected chi connectivity index (χ0v) is 16.9. The Bertz CT molecular complexity index is 833. The first kappa shape index (κ1) is 19.6. The van der Waals surface area contributed by atoms with Crippen molar-refractivity contribution >= 4 is 45.7 Å². The Kier molecular flexibility index (Phi) is 6.30. The molecule has 2 N–H and O–H groups in total. The van der Waals surface area contributed by atoms with Gasteiger partial charge in [-0.2, -0.15) is 0 Å². The van der Waals surface area contributed by atoms with E-state index in [0.717, 1.165) is 18.7 Å². The van der Waals surface area contributed by atoms with Crippen LogP contribution < -0.4 is 10.6 Å². The summed E-state index contributed by atoms with van der Waals surface area (Å²) in [4.78, 5) is 32.9. The van der Waals surface area contributed by atoms with Gasteiger partial charge in [0, 0.05) is 42.3 Å². The van der Waals surface area contributed by atoms with Crippen LogP contribution in [0.1, 0.15) is 11.3 Å². The van der Waals surface area contributed by atoms with Crippen molar-refractivity contribution in [2.75, 3.05) is 43.9 Å². The van der Waals surface area contributed by atoms with Crippen molar-refractivity contribution in [1.82, 2.24) is 14.8 Å². The third-order valence-corrected chi connectivity index (χ3v) is 5.41. The fraction of sp³-hybridized carbons (Fsp3) is 0.389. The smallest absolute Gasteiger partial charge is 0.323 e. The van der Waals surface area contributed by atoms with Crippen LogP contribution in [0.15, 0.2) is 23.6 Å². The Balaban J connectivity index is 1.53. The van der Waals surface area contributed by atoms with Gasteiger partial charge in [-0.05, 0) is 31.7 Å². The molecule has 0 atom stereocenters. The number of benzene rings is 1. The van der Waals surface area contributed by atoms with Gasteiger partial charge >= 0.3 is 6.03 Å². The molecule has 3 rings (SSSR count). The highest BCUT2D eigenvalue weighted by molar-refractivity contribution is 7.13. The van der Waals surface area contributed by atoms with Crippen LogP contribution in [0.2, 0.25) is 5.02 Å². The van der Waals surface area contributed by atoms with Crippen LogP contribution in [0.3, 0.4) is 0 Å². The number of piperazine rings is 1. The average Bonchev–Trinajstić information content (AvgIpc) is 3.05. The van der Waals surface area contributed by atoms with E-state index in [0.29, 0.717) is 34.6 Å². The van der Waals surface area contributed by atoms with Crippen molar-refractivity contribution in [3.05, 3.63) is 39.9 Å². The molecule has 27 heavy (non-hydrogen) atoms. The fourth-order valence-electron chi connectivity index (χ4n) is 2.71. The van der Waals surface area contributed by atoms with Crippen molar-refractivity contribution in [3.8, 4) is 0 Å². The Hall–Kier alpha value is -2.16. The summed E-state index contributed by atoms with van der Waals surface area (Å²) in [6.07, 6.45) is 0.132. The number of carbonyl (C=O) groups excluding carboxylic acids is 2. The molecule has 0 bridgehead atoms. The van der Waals surface area contributed by atoms with Crippen molar-refractivity contribution < 1.29 is 9.59 Å². The van der Waals surface area contributed by atoms with Crippen molar-refractivity contribution in [2.45, 2.75) is 13.3 Å². The Morgan fingerprint density at radius 3 is 2.70 bits per heavy atom. The third kappa shape index (κ3) is 5.41. The lowest BCUT2D eigenvalue weighted by molar-refractivity contribution is -0.115. The normalized spacial score (nSPS) is 14.9. The van der Waals surface area contributed by atoms with Gasteiger partial charge in [0.25, 0.3) is 0 Å². The summed E-state index contributed by atoms with van der Waals surface area (Å²) in [7, 11) is 2.04. The highest BCUT2D eigenvalue weighted by Crippen LogP contribution is 2.21. The molecule has 1 fully saturated rings. The van der Waals surface area contributed by atoms with Crippen LogP contribution in [0.4, 0.5) is 15.6 Å². The summed E-state index contributed by atoms with van der Waals surface area (Å²) in [5, 5.41) is 8.51. The maximum atomic E-state index is 12.3. The molecule has 1 aliphatic heterocycles. The fourth-order valence-corrected chi connectivity index (χ4v) is 3.59. The van der Waals surface area contributed by atoms with Crippen LogP contribution in [0.25, 0.3) is 0 Å². The van der Waals surface area contributed by atoms with Gasteiger partial charge < -0.3 is 15.1 Å². The second kappa shape index (κ2) is 8.69. The number of anilines is 2. The number of likely N-dealkylation sites (N-methyl/N-ethyl adjacent to an activating group) is 1. The number of urea groups is 1. The summed E-state index contributed by atoms with van der Waals surface area (Å²) in [6, 6.07) is 5.20. The van der Waals surface area contributed by atoms with E-state index in [1.54, 1.807) is 22.4 Å². The molecule has 1 aliphatic rings. The average molecular weight is 408 g/mol. The van der Waals surface area contributed by atoms with Crippen LogP contribution in [-0.4, -0.2) is 59.9 Å². The number of halogens is 1. The molecule has 3 amide bonds. The standard InChI is InChI=1S/C18H22ClN5O2S/c1-12-3-4-13(19)9-15(12)21-16(25)10-14-11-27-17(20-14)22-18(26)24-7-5-23(2)6-8-24/h3-4,9,11H,5-8,10H2,1-2H3,(H,21,25)(H,20,22,26). The van der Waals surface area contributed by atoms with Crippen molar-refractivity contribution in [3.63, 3.8) is 0 Å². The van der Waals surface area contributed by atoms with Gasteiger partial charge in [-0.1, -0.05) is 17.7 Å². The quantitative estimate of drug-likeness (QED) is 0.816. The first-order chi connectivity index (χ1) is 12.9. The van der Waals surface area contributed by atoms with Gasteiger partial charge in [0.2, 0.25) is 5.91 Å². The minimum atomic E-state index is -0.178. The molecule has 0 spiro atoms. The molecular formula is C18H22ClN5O2S. The summed E-state index contributed by atoms with van der Waals surface area (Å²) >= 11 is 7.29.